The zero-order chi connectivity index (χ0) is 17.5. The lowest BCUT2D eigenvalue weighted by Crippen LogP contribution is -2.14. The zero-order valence-electron chi connectivity index (χ0n) is 13.9. The largest absolute Gasteiger partial charge is 0.378 e. The summed E-state index contributed by atoms with van der Waals surface area (Å²) in [6.45, 7) is 5.97. The molecular weight excluding hydrogens is 348 g/mol. The van der Waals surface area contributed by atoms with E-state index in [1.807, 2.05) is 30.0 Å². The minimum absolute atomic E-state index is 0.0414. The molecule has 5 nitrogen and oxygen atoms in total. The number of ether oxygens (including phenoxy) is 3. The molecule has 1 aromatic rings. The van der Waals surface area contributed by atoms with Gasteiger partial charge >= 0.3 is 0 Å². The van der Waals surface area contributed by atoms with Gasteiger partial charge in [-0.25, -0.2) is 8.42 Å². The molecule has 0 aliphatic heterocycles. The highest BCUT2D eigenvalue weighted by atomic mass is 32.2. The number of sulfone groups is 1. The molecule has 0 fully saturated rings. The van der Waals surface area contributed by atoms with Crippen LogP contribution in [0.4, 0.5) is 0 Å². The average Bonchev–Trinajstić information content (AvgIpc) is 2.60. The van der Waals surface area contributed by atoms with Crippen LogP contribution in [0.5, 0.6) is 0 Å². The van der Waals surface area contributed by atoms with E-state index >= 15 is 0 Å². The summed E-state index contributed by atoms with van der Waals surface area (Å²) in [4.78, 5) is 0. The molecule has 7 heteroatoms. The van der Waals surface area contributed by atoms with E-state index in [0.717, 1.165) is 16.9 Å². The Morgan fingerprint density at radius 1 is 0.917 bits per heavy atom. The summed E-state index contributed by atoms with van der Waals surface area (Å²) in [6, 6.07) is 10.4. The van der Waals surface area contributed by atoms with Crippen LogP contribution in [0.2, 0.25) is 0 Å². The maximum atomic E-state index is 11.1. The molecule has 136 valence electrons. The van der Waals surface area contributed by atoms with Crippen LogP contribution in [0.1, 0.15) is 5.56 Å². The highest BCUT2D eigenvalue weighted by Gasteiger charge is 2.03. The van der Waals surface area contributed by atoms with Gasteiger partial charge in [-0.15, -0.1) is 0 Å². The van der Waals surface area contributed by atoms with Crippen LogP contribution in [0.3, 0.4) is 0 Å². The second-order valence-corrected chi connectivity index (χ2v) is 8.08. The number of hydrogen-bond donors (Lipinski definition) is 0. The van der Waals surface area contributed by atoms with E-state index in [0.29, 0.717) is 33.0 Å². The van der Waals surface area contributed by atoms with E-state index in [9.17, 15) is 8.42 Å². The van der Waals surface area contributed by atoms with Gasteiger partial charge in [-0.1, -0.05) is 36.9 Å². The van der Waals surface area contributed by atoms with Gasteiger partial charge in [0, 0.05) is 16.9 Å². The molecular formula is C17H26O5S2. The van der Waals surface area contributed by atoms with E-state index in [1.54, 1.807) is 0 Å². The summed E-state index contributed by atoms with van der Waals surface area (Å²) in [5, 5.41) is 0.947. The monoisotopic (exact) mass is 374 g/mol. The van der Waals surface area contributed by atoms with Crippen LogP contribution in [0, 0.1) is 0 Å². The van der Waals surface area contributed by atoms with Crippen molar-refractivity contribution in [3.8, 4) is 0 Å². The van der Waals surface area contributed by atoms with Crippen LogP contribution in [-0.2, 0) is 29.8 Å². The molecule has 0 aromatic heterocycles. The first-order chi connectivity index (χ1) is 11.6. The van der Waals surface area contributed by atoms with Crippen LogP contribution >= 0.6 is 11.8 Å². The number of rotatable bonds is 15. The lowest BCUT2D eigenvalue weighted by molar-refractivity contribution is 0.0204. The molecule has 0 N–H and O–H groups in total. The van der Waals surface area contributed by atoms with Gasteiger partial charge in [0.2, 0.25) is 0 Å². The third-order valence-electron chi connectivity index (χ3n) is 2.99. The van der Waals surface area contributed by atoms with Crippen molar-refractivity contribution in [2.24, 2.45) is 0 Å². The Labute approximate surface area is 149 Å². The third-order valence-corrected chi connectivity index (χ3v) is 5.23. The number of thioether (sulfide) groups is 1. The third kappa shape index (κ3) is 11.6. The fraction of sp³-hybridized carbons (Fsp3) is 0.529. The summed E-state index contributed by atoms with van der Waals surface area (Å²) in [5.74, 6) is 1.91. The van der Waals surface area contributed by atoms with Crippen molar-refractivity contribution in [2.75, 3.05) is 51.1 Å². The first-order valence-electron chi connectivity index (χ1n) is 7.84. The molecule has 0 saturated carbocycles. The summed E-state index contributed by atoms with van der Waals surface area (Å²) < 4.78 is 38.2. The Bertz CT molecular complexity index is 531. The molecule has 0 unspecified atom stereocenters. The predicted molar refractivity (Wildman–Crippen MR) is 99.0 cm³/mol. The molecule has 0 bridgehead atoms. The van der Waals surface area contributed by atoms with Crippen LogP contribution < -0.4 is 0 Å². The lowest BCUT2D eigenvalue weighted by Gasteiger charge is -2.07. The van der Waals surface area contributed by atoms with Crippen LogP contribution in [0.15, 0.2) is 42.3 Å². The smallest absolute Gasteiger partial charge is 0.173 e. The minimum atomic E-state index is -3.17. The first kappa shape index (κ1) is 21.2. The molecule has 0 aliphatic rings. The van der Waals surface area contributed by atoms with Crippen molar-refractivity contribution in [3.63, 3.8) is 0 Å². The first-order valence-corrected chi connectivity index (χ1v) is 10.7. The fourth-order valence-corrected chi connectivity index (χ4v) is 3.01. The Kier molecular flexibility index (Phi) is 11.9. The van der Waals surface area contributed by atoms with E-state index < -0.39 is 9.84 Å². The van der Waals surface area contributed by atoms with Gasteiger partial charge < -0.3 is 14.2 Å². The maximum absolute atomic E-state index is 11.1. The molecule has 0 radical (unpaired) electrons. The molecule has 24 heavy (non-hydrogen) atoms. The SMILES string of the molecule is C=CS(=O)(=O)CCOCCOCCOCCSCc1ccccc1. The van der Waals surface area contributed by atoms with Crippen molar-refractivity contribution >= 4 is 21.6 Å². The van der Waals surface area contributed by atoms with E-state index in [4.69, 9.17) is 14.2 Å². The average molecular weight is 375 g/mol. The molecule has 0 atom stereocenters. The fourth-order valence-electron chi connectivity index (χ4n) is 1.68. The summed E-state index contributed by atoms with van der Waals surface area (Å²) in [7, 11) is -3.17. The zero-order valence-corrected chi connectivity index (χ0v) is 15.5. The van der Waals surface area contributed by atoms with Gasteiger partial charge in [0.15, 0.2) is 9.84 Å². The Morgan fingerprint density at radius 3 is 2.12 bits per heavy atom. The maximum Gasteiger partial charge on any atom is 0.173 e. The second kappa shape index (κ2) is 13.4. The van der Waals surface area contributed by atoms with E-state index in [1.165, 1.54) is 5.56 Å². The standard InChI is InChI=1S/C17H26O5S2/c1-2-24(18,19)15-13-22-11-9-20-8-10-21-12-14-23-16-17-6-4-3-5-7-17/h2-7H,1,8-16H2. The highest BCUT2D eigenvalue weighted by molar-refractivity contribution is 7.98. The Hall–Kier alpha value is -0.860. The van der Waals surface area contributed by atoms with Crippen LogP contribution in [-0.4, -0.2) is 59.6 Å². The molecule has 1 rings (SSSR count). The summed E-state index contributed by atoms with van der Waals surface area (Å²) >= 11 is 1.85. The van der Waals surface area contributed by atoms with Crippen molar-refractivity contribution in [1.29, 1.82) is 0 Å². The summed E-state index contributed by atoms with van der Waals surface area (Å²) in [5.41, 5.74) is 1.33. The predicted octanol–water partition coefficient (Wildman–Crippen LogP) is 2.53. The number of hydrogen-bond acceptors (Lipinski definition) is 6. The van der Waals surface area contributed by atoms with Gasteiger partial charge in [0.05, 0.1) is 45.4 Å². The molecule has 0 saturated heterocycles. The topological polar surface area (TPSA) is 61.8 Å². The van der Waals surface area contributed by atoms with E-state index in [-0.39, 0.29) is 12.4 Å². The van der Waals surface area contributed by atoms with Gasteiger partial charge in [-0.05, 0) is 5.56 Å². The van der Waals surface area contributed by atoms with E-state index in [2.05, 4.69) is 18.7 Å². The van der Waals surface area contributed by atoms with Crippen molar-refractivity contribution in [2.45, 2.75) is 5.75 Å². The van der Waals surface area contributed by atoms with Gasteiger partial charge in [0.1, 0.15) is 0 Å². The Morgan fingerprint density at radius 2 is 1.50 bits per heavy atom. The Balaban J connectivity index is 1.80. The lowest BCUT2D eigenvalue weighted by atomic mass is 10.2. The molecule has 0 spiro atoms. The normalized spacial score (nSPS) is 11.5. The molecule has 1 aromatic carbocycles. The highest BCUT2D eigenvalue weighted by Crippen LogP contribution is 2.10. The minimum Gasteiger partial charge on any atom is -0.378 e. The molecule has 0 amide bonds. The summed E-state index contributed by atoms with van der Waals surface area (Å²) in [6.07, 6.45) is 0. The molecule has 0 heterocycles. The molecule has 0 aliphatic carbocycles. The van der Waals surface area contributed by atoms with Crippen LogP contribution in [0.25, 0.3) is 0 Å². The second-order valence-electron chi connectivity index (χ2n) is 4.91. The van der Waals surface area contributed by atoms with Gasteiger partial charge in [-0.3, -0.25) is 0 Å². The van der Waals surface area contributed by atoms with Crippen molar-refractivity contribution < 1.29 is 22.6 Å². The quantitative estimate of drug-likeness (QED) is 0.440. The van der Waals surface area contributed by atoms with Gasteiger partial charge in [-0.2, -0.15) is 11.8 Å². The van der Waals surface area contributed by atoms with Crippen molar-refractivity contribution in [1.82, 2.24) is 0 Å². The van der Waals surface area contributed by atoms with Gasteiger partial charge in [0.25, 0.3) is 0 Å². The number of benzene rings is 1. The van der Waals surface area contributed by atoms with Crippen molar-refractivity contribution in [3.05, 3.63) is 47.9 Å².